The molecule has 5 nitrogen and oxygen atoms in total. The number of carboxylic acid groups (broad SMARTS) is 1. The van der Waals surface area contributed by atoms with E-state index in [0.717, 1.165) is 18.8 Å². The van der Waals surface area contributed by atoms with Crippen molar-refractivity contribution < 1.29 is 14.7 Å². The molecule has 2 amide bonds. The van der Waals surface area contributed by atoms with Gasteiger partial charge in [-0.2, -0.15) is 0 Å². The van der Waals surface area contributed by atoms with Gasteiger partial charge in [0.25, 0.3) is 0 Å². The Labute approximate surface area is 102 Å². The molecule has 1 fully saturated rings. The summed E-state index contributed by atoms with van der Waals surface area (Å²) in [7, 11) is 0. The van der Waals surface area contributed by atoms with Gasteiger partial charge in [0.05, 0.1) is 0 Å². The molecule has 1 rings (SSSR count). The van der Waals surface area contributed by atoms with E-state index in [4.69, 9.17) is 5.11 Å². The minimum Gasteiger partial charge on any atom is -0.480 e. The summed E-state index contributed by atoms with van der Waals surface area (Å²) < 4.78 is 0. The average Bonchev–Trinajstić information content (AvgIpc) is 2.68. The molecule has 1 aliphatic rings. The number of carbonyl (C=O) groups is 2. The third-order valence-corrected chi connectivity index (χ3v) is 3.37. The van der Waals surface area contributed by atoms with Gasteiger partial charge in [-0.3, -0.25) is 0 Å². The first kappa shape index (κ1) is 13.8. The quantitative estimate of drug-likeness (QED) is 0.685. The molecule has 0 spiro atoms. The van der Waals surface area contributed by atoms with Crippen molar-refractivity contribution in [2.45, 2.75) is 45.6 Å². The van der Waals surface area contributed by atoms with Crippen LogP contribution in [-0.2, 0) is 4.79 Å². The minimum atomic E-state index is -0.989. The molecule has 0 bridgehead atoms. The molecular weight excluding hydrogens is 220 g/mol. The fourth-order valence-electron chi connectivity index (χ4n) is 2.30. The molecule has 2 unspecified atom stereocenters. The largest absolute Gasteiger partial charge is 0.480 e. The highest BCUT2D eigenvalue weighted by Gasteiger charge is 2.22. The molecule has 0 aliphatic heterocycles. The van der Waals surface area contributed by atoms with Gasteiger partial charge in [-0.1, -0.05) is 20.3 Å². The second-order valence-corrected chi connectivity index (χ2v) is 4.94. The van der Waals surface area contributed by atoms with Crippen LogP contribution in [-0.4, -0.2) is 29.7 Å². The molecular formula is C12H22N2O3. The summed E-state index contributed by atoms with van der Waals surface area (Å²) in [6.45, 7) is 4.60. The number of nitrogens with one attached hydrogen (secondary N) is 2. The third kappa shape index (κ3) is 4.63. The van der Waals surface area contributed by atoms with Gasteiger partial charge < -0.3 is 15.7 Å². The molecule has 17 heavy (non-hydrogen) atoms. The summed E-state index contributed by atoms with van der Waals surface area (Å²) in [5.41, 5.74) is 0. The lowest BCUT2D eigenvalue weighted by Crippen LogP contribution is -2.46. The summed E-state index contributed by atoms with van der Waals surface area (Å²) >= 11 is 0. The smallest absolute Gasteiger partial charge is 0.326 e. The fourth-order valence-corrected chi connectivity index (χ4v) is 2.30. The first-order valence-corrected chi connectivity index (χ1v) is 6.30. The Balaban J connectivity index is 2.23. The van der Waals surface area contributed by atoms with E-state index in [9.17, 15) is 9.59 Å². The normalized spacial score (nSPS) is 25.3. The number of amides is 2. The van der Waals surface area contributed by atoms with Crippen LogP contribution in [0.25, 0.3) is 0 Å². The van der Waals surface area contributed by atoms with Crippen LogP contribution in [0.3, 0.4) is 0 Å². The van der Waals surface area contributed by atoms with Crippen LogP contribution in [0.2, 0.25) is 0 Å². The van der Waals surface area contributed by atoms with Crippen LogP contribution < -0.4 is 10.6 Å². The van der Waals surface area contributed by atoms with Crippen LogP contribution in [0.15, 0.2) is 0 Å². The monoisotopic (exact) mass is 242 g/mol. The molecule has 0 radical (unpaired) electrons. The van der Waals surface area contributed by atoms with Gasteiger partial charge >= 0.3 is 12.0 Å². The zero-order chi connectivity index (χ0) is 12.8. The number of urea groups is 1. The van der Waals surface area contributed by atoms with Crippen molar-refractivity contribution in [3.63, 3.8) is 0 Å². The maximum absolute atomic E-state index is 11.5. The standard InChI is InChI=1S/C12H22N2O3/c1-3-10(11(15)16)14-12(17)13-7-9-5-4-8(2)6-9/h8-10H,3-7H2,1-2H3,(H,15,16)(H2,13,14,17)/t8?,9?,10-/m1/s1. The third-order valence-electron chi connectivity index (χ3n) is 3.37. The van der Waals surface area contributed by atoms with E-state index in [1.165, 1.54) is 6.42 Å². The van der Waals surface area contributed by atoms with Gasteiger partial charge in [0.2, 0.25) is 0 Å². The van der Waals surface area contributed by atoms with E-state index in [-0.39, 0.29) is 6.03 Å². The zero-order valence-electron chi connectivity index (χ0n) is 10.5. The van der Waals surface area contributed by atoms with Crippen LogP contribution >= 0.6 is 0 Å². The van der Waals surface area contributed by atoms with Gasteiger partial charge in [-0.05, 0) is 31.1 Å². The SMILES string of the molecule is CC[C@@H](NC(=O)NCC1CCC(C)C1)C(=O)O. The maximum Gasteiger partial charge on any atom is 0.326 e. The number of aliphatic carboxylic acids is 1. The Kier molecular flexibility index (Phi) is 5.25. The van der Waals surface area contributed by atoms with E-state index >= 15 is 0 Å². The Morgan fingerprint density at radius 1 is 1.41 bits per heavy atom. The predicted octanol–water partition coefficient (Wildman–Crippen LogP) is 1.58. The lowest BCUT2D eigenvalue weighted by molar-refractivity contribution is -0.139. The Bertz CT molecular complexity index is 281. The van der Waals surface area contributed by atoms with Crippen molar-refractivity contribution in [1.82, 2.24) is 10.6 Å². The highest BCUT2D eigenvalue weighted by molar-refractivity contribution is 5.82. The summed E-state index contributed by atoms with van der Waals surface area (Å²) in [4.78, 5) is 22.2. The van der Waals surface area contributed by atoms with Crippen molar-refractivity contribution in [3.05, 3.63) is 0 Å². The molecule has 3 N–H and O–H groups in total. The van der Waals surface area contributed by atoms with Crippen molar-refractivity contribution in [1.29, 1.82) is 0 Å². The highest BCUT2D eigenvalue weighted by Crippen LogP contribution is 2.29. The van der Waals surface area contributed by atoms with E-state index in [1.807, 2.05) is 0 Å². The van der Waals surface area contributed by atoms with Gasteiger partial charge in [0.1, 0.15) is 6.04 Å². The summed E-state index contributed by atoms with van der Waals surface area (Å²) in [6.07, 6.45) is 3.91. The molecule has 3 atom stereocenters. The number of carboxylic acids is 1. The van der Waals surface area contributed by atoms with Gasteiger partial charge in [0, 0.05) is 6.54 Å². The molecule has 1 aliphatic carbocycles. The summed E-state index contributed by atoms with van der Waals surface area (Å²) in [6, 6.07) is -1.17. The number of hydrogen-bond acceptors (Lipinski definition) is 2. The molecule has 0 aromatic carbocycles. The van der Waals surface area contributed by atoms with Crippen molar-refractivity contribution in [2.24, 2.45) is 11.8 Å². The van der Waals surface area contributed by atoms with Crippen molar-refractivity contribution in [2.75, 3.05) is 6.54 Å². The first-order chi connectivity index (χ1) is 8.02. The minimum absolute atomic E-state index is 0.376. The van der Waals surface area contributed by atoms with Crippen molar-refractivity contribution >= 4 is 12.0 Å². The van der Waals surface area contributed by atoms with Crippen LogP contribution in [0, 0.1) is 11.8 Å². The van der Waals surface area contributed by atoms with Crippen LogP contribution in [0.1, 0.15) is 39.5 Å². The topological polar surface area (TPSA) is 78.4 Å². The second kappa shape index (κ2) is 6.47. The molecule has 1 saturated carbocycles. The molecule has 0 aromatic rings. The van der Waals surface area contributed by atoms with E-state index in [2.05, 4.69) is 17.6 Å². The Hall–Kier alpha value is -1.26. The van der Waals surface area contributed by atoms with Gasteiger partial charge in [-0.25, -0.2) is 9.59 Å². The van der Waals surface area contributed by atoms with Crippen molar-refractivity contribution in [3.8, 4) is 0 Å². The summed E-state index contributed by atoms with van der Waals surface area (Å²) in [5.74, 6) is 0.296. The lowest BCUT2D eigenvalue weighted by atomic mass is 10.1. The number of carbonyl (C=O) groups excluding carboxylic acids is 1. The maximum atomic E-state index is 11.5. The lowest BCUT2D eigenvalue weighted by Gasteiger charge is -2.15. The second-order valence-electron chi connectivity index (χ2n) is 4.94. The number of rotatable bonds is 5. The van der Waals surface area contributed by atoms with E-state index in [1.54, 1.807) is 6.92 Å². The highest BCUT2D eigenvalue weighted by atomic mass is 16.4. The Morgan fingerprint density at radius 2 is 2.12 bits per heavy atom. The van der Waals surface area contributed by atoms with Gasteiger partial charge in [-0.15, -0.1) is 0 Å². The fraction of sp³-hybridized carbons (Fsp3) is 0.833. The van der Waals surface area contributed by atoms with E-state index in [0.29, 0.717) is 18.9 Å². The summed E-state index contributed by atoms with van der Waals surface area (Å²) in [5, 5.41) is 14.0. The Morgan fingerprint density at radius 3 is 2.59 bits per heavy atom. The molecule has 0 saturated heterocycles. The number of hydrogen-bond donors (Lipinski definition) is 3. The first-order valence-electron chi connectivity index (χ1n) is 6.30. The molecule has 0 aromatic heterocycles. The van der Waals surface area contributed by atoms with Gasteiger partial charge in [0.15, 0.2) is 0 Å². The zero-order valence-corrected chi connectivity index (χ0v) is 10.5. The van der Waals surface area contributed by atoms with Crippen LogP contribution in [0.5, 0.6) is 0 Å². The van der Waals surface area contributed by atoms with E-state index < -0.39 is 12.0 Å². The van der Waals surface area contributed by atoms with Crippen LogP contribution in [0.4, 0.5) is 4.79 Å². The average molecular weight is 242 g/mol. The molecule has 0 heterocycles. The predicted molar refractivity (Wildman–Crippen MR) is 64.8 cm³/mol. The molecule has 5 heteroatoms. The molecule has 98 valence electrons.